The molecule has 0 amide bonds. The molecule has 136 valence electrons. The Morgan fingerprint density at radius 3 is 1.78 bits per heavy atom. The summed E-state index contributed by atoms with van der Waals surface area (Å²) in [5.41, 5.74) is 0. The van der Waals surface area contributed by atoms with E-state index in [1.165, 1.54) is 7.05 Å². The Labute approximate surface area is 130 Å². The highest BCUT2D eigenvalue weighted by atomic mass is 16.6. The number of aliphatic carboxylic acids is 2. The maximum absolute atomic E-state index is 9.77. The number of aliphatic hydroxyl groups is 6. The van der Waals surface area contributed by atoms with Crippen molar-refractivity contribution in [2.75, 3.05) is 13.7 Å². The van der Waals surface area contributed by atoms with Crippen LogP contribution in [-0.4, -0.2) is 109 Å². The van der Waals surface area contributed by atoms with Crippen LogP contribution in [0.1, 0.15) is 0 Å². The van der Waals surface area contributed by atoms with Crippen LogP contribution in [-0.2, 0) is 14.3 Å². The minimum Gasteiger partial charge on any atom is -0.479 e. The molecule has 7 atom stereocenters. The fourth-order valence-electron chi connectivity index (χ4n) is 1.68. The molecule has 1 aliphatic heterocycles. The summed E-state index contributed by atoms with van der Waals surface area (Å²) in [4.78, 5) is 19.5. The third kappa shape index (κ3) is 5.96. The number of aliphatic hydroxyl groups excluding tert-OH is 6. The maximum Gasteiger partial charge on any atom is 0.335 e. The SMILES string of the molecule is CN[C@H]1C(O)O[C@H](CO)[C@@H](O)[C@@H]1O.O=C(O)C(O)C(O)C(=O)O. The molecule has 0 spiro atoms. The number of rotatable bonds is 5. The fourth-order valence-corrected chi connectivity index (χ4v) is 1.68. The van der Waals surface area contributed by atoms with Gasteiger partial charge in [-0.2, -0.15) is 0 Å². The molecule has 9 N–H and O–H groups in total. The molecule has 23 heavy (non-hydrogen) atoms. The number of carbonyl (C=O) groups is 2. The van der Waals surface area contributed by atoms with E-state index in [9.17, 15) is 24.9 Å². The van der Waals surface area contributed by atoms with Gasteiger partial charge < -0.3 is 50.9 Å². The van der Waals surface area contributed by atoms with Gasteiger partial charge in [-0.1, -0.05) is 0 Å². The number of hydrogen-bond acceptors (Lipinski definition) is 10. The van der Waals surface area contributed by atoms with Gasteiger partial charge in [0.1, 0.15) is 18.3 Å². The predicted octanol–water partition coefficient (Wildman–Crippen LogP) is -5.12. The van der Waals surface area contributed by atoms with Gasteiger partial charge in [0.15, 0.2) is 18.5 Å². The summed E-state index contributed by atoms with van der Waals surface area (Å²) in [5.74, 6) is -3.54. The largest absolute Gasteiger partial charge is 0.479 e. The molecule has 12 heteroatoms. The van der Waals surface area contributed by atoms with Crippen molar-refractivity contribution in [1.29, 1.82) is 0 Å². The highest BCUT2D eigenvalue weighted by molar-refractivity contribution is 5.83. The monoisotopic (exact) mass is 343 g/mol. The second kappa shape index (κ2) is 9.69. The van der Waals surface area contributed by atoms with Crippen molar-refractivity contribution in [3.63, 3.8) is 0 Å². The van der Waals surface area contributed by atoms with Crippen molar-refractivity contribution in [2.45, 2.75) is 42.9 Å². The first-order valence-electron chi connectivity index (χ1n) is 6.38. The molecule has 0 radical (unpaired) electrons. The average molecular weight is 343 g/mol. The van der Waals surface area contributed by atoms with E-state index >= 15 is 0 Å². The van der Waals surface area contributed by atoms with Gasteiger partial charge in [0.25, 0.3) is 0 Å². The lowest BCUT2D eigenvalue weighted by atomic mass is 9.97. The van der Waals surface area contributed by atoms with E-state index in [1.807, 2.05) is 0 Å². The van der Waals surface area contributed by atoms with Crippen LogP contribution in [0.2, 0.25) is 0 Å². The van der Waals surface area contributed by atoms with E-state index in [4.69, 9.17) is 30.3 Å². The summed E-state index contributed by atoms with van der Waals surface area (Å²) in [6.45, 7) is -0.439. The quantitative estimate of drug-likeness (QED) is 0.229. The molecule has 0 aromatic carbocycles. The Kier molecular flexibility index (Phi) is 9.11. The van der Waals surface area contributed by atoms with Crippen LogP contribution >= 0.6 is 0 Å². The molecule has 0 aromatic rings. The van der Waals surface area contributed by atoms with Crippen LogP contribution < -0.4 is 5.32 Å². The topological polar surface area (TPSA) is 217 Å². The smallest absolute Gasteiger partial charge is 0.335 e. The molecule has 1 heterocycles. The Bertz CT molecular complexity index is 374. The molecule has 0 saturated carbocycles. The van der Waals surface area contributed by atoms with Crippen molar-refractivity contribution in [1.82, 2.24) is 5.32 Å². The van der Waals surface area contributed by atoms with Gasteiger partial charge in [0.2, 0.25) is 0 Å². The second-order valence-electron chi connectivity index (χ2n) is 4.61. The van der Waals surface area contributed by atoms with Crippen molar-refractivity contribution < 1.29 is 55.2 Å². The Hall–Kier alpha value is -1.38. The fraction of sp³-hybridized carbons (Fsp3) is 0.818. The van der Waals surface area contributed by atoms with Crippen molar-refractivity contribution >= 4 is 11.9 Å². The summed E-state index contributed by atoms with van der Waals surface area (Å²) in [5, 5.41) is 72.0. The number of hydrogen-bond donors (Lipinski definition) is 9. The number of ether oxygens (including phenoxy) is 1. The van der Waals surface area contributed by atoms with E-state index in [0.717, 1.165) is 0 Å². The molecule has 1 saturated heterocycles. The zero-order valence-electron chi connectivity index (χ0n) is 12.1. The van der Waals surface area contributed by atoms with Gasteiger partial charge in [0, 0.05) is 0 Å². The van der Waals surface area contributed by atoms with Gasteiger partial charge in [0.05, 0.1) is 12.6 Å². The zero-order valence-corrected chi connectivity index (χ0v) is 12.1. The summed E-state index contributed by atoms with van der Waals surface area (Å²) >= 11 is 0. The molecular weight excluding hydrogens is 322 g/mol. The Balaban J connectivity index is 0.000000438. The lowest BCUT2D eigenvalue weighted by Crippen LogP contribution is -2.62. The van der Waals surface area contributed by atoms with Crippen LogP contribution in [0.4, 0.5) is 0 Å². The predicted molar refractivity (Wildman–Crippen MR) is 70.1 cm³/mol. The molecule has 1 rings (SSSR count). The highest BCUT2D eigenvalue weighted by Gasteiger charge is 2.42. The molecule has 12 nitrogen and oxygen atoms in total. The van der Waals surface area contributed by atoms with E-state index in [1.54, 1.807) is 0 Å². The van der Waals surface area contributed by atoms with E-state index in [2.05, 4.69) is 5.32 Å². The van der Waals surface area contributed by atoms with Crippen LogP contribution in [0.3, 0.4) is 0 Å². The lowest BCUT2D eigenvalue weighted by molar-refractivity contribution is -0.253. The minimum atomic E-state index is -2.27. The Morgan fingerprint density at radius 2 is 1.48 bits per heavy atom. The first kappa shape index (κ1) is 21.6. The summed E-state index contributed by atoms with van der Waals surface area (Å²) in [7, 11) is 1.53. The van der Waals surface area contributed by atoms with E-state index in [0.29, 0.717) is 0 Å². The minimum absolute atomic E-state index is 0.439. The highest BCUT2D eigenvalue weighted by Crippen LogP contribution is 2.19. The zero-order chi connectivity index (χ0) is 18.3. The van der Waals surface area contributed by atoms with Gasteiger partial charge in [-0.3, -0.25) is 0 Å². The number of carboxylic acids is 2. The van der Waals surface area contributed by atoms with E-state index in [-0.39, 0.29) is 0 Å². The summed E-state index contributed by atoms with van der Waals surface area (Å²) in [6, 6.07) is -0.738. The standard InChI is InChI=1S/C7H15NO5.C4H6O6/c1-8-4-6(11)5(10)3(2-9)13-7(4)12;5-1(3(7)8)2(6)4(9)10/h3-12H,2H2,1H3;1-2,5-6H,(H,7,8)(H,9,10)/t3-,4-,5-,6-,7?;/m1./s1. The van der Waals surface area contributed by atoms with Crippen LogP contribution in [0, 0.1) is 0 Å². The number of carboxylic acid groups (broad SMARTS) is 2. The normalized spacial score (nSPS) is 33.1. The maximum atomic E-state index is 9.77. The molecular formula is C11H21NO11. The molecule has 0 bridgehead atoms. The van der Waals surface area contributed by atoms with Gasteiger partial charge in [-0.25, -0.2) is 9.59 Å². The van der Waals surface area contributed by atoms with Crippen molar-refractivity contribution in [2.24, 2.45) is 0 Å². The molecule has 3 unspecified atom stereocenters. The molecule has 0 aliphatic carbocycles. The number of likely N-dealkylation sites (N-methyl/N-ethyl adjacent to an activating group) is 1. The molecule has 0 aromatic heterocycles. The van der Waals surface area contributed by atoms with E-state index < -0.39 is 61.4 Å². The first-order chi connectivity index (χ1) is 10.6. The van der Waals surface area contributed by atoms with Gasteiger partial charge >= 0.3 is 11.9 Å². The van der Waals surface area contributed by atoms with Crippen LogP contribution in [0.15, 0.2) is 0 Å². The van der Waals surface area contributed by atoms with Crippen molar-refractivity contribution in [3.05, 3.63) is 0 Å². The third-order valence-electron chi connectivity index (χ3n) is 3.04. The van der Waals surface area contributed by atoms with Crippen molar-refractivity contribution in [3.8, 4) is 0 Å². The summed E-state index contributed by atoms with van der Waals surface area (Å²) < 4.78 is 4.85. The average Bonchev–Trinajstić information content (AvgIpc) is 2.50. The second-order valence-corrected chi connectivity index (χ2v) is 4.61. The number of nitrogens with one attached hydrogen (secondary N) is 1. The summed E-state index contributed by atoms with van der Waals surface area (Å²) in [6.07, 6.45) is -9.03. The van der Waals surface area contributed by atoms with Crippen LogP contribution in [0.25, 0.3) is 0 Å². The third-order valence-corrected chi connectivity index (χ3v) is 3.04. The first-order valence-corrected chi connectivity index (χ1v) is 6.38. The lowest BCUT2D eigenvalue weighted by Gasteiger charge is -2.39. The van der Waals surface area contributed by atoms with Gasteiger partial charge in [-0.15, -0.1) is 0 Å². The molecule has 1 aliphatic rings. The molecule has 1 fully saturated rings. The van der Waals surface area contributed by atoms with Gasteiger partial charge in [-0.05, 0) is 7.05 Å². The Morgan fingerprint density at radius 1 is 1.04 bits per heavy atom. The van der Waals surface area contributed by atoms with Crippen LogP contribution in [0.5, 0.6) is 0 Å².